The first-order valence-electron chi connectivity index (χ1n) is 8.12. The number of benzene rings is 2. The summed E-state index contributed by atoms with van der Waals surface area (Å²) in [6, 6.07) is 13.7. The van der Waals surface area contributed by atoms with Crippen LogP contribution in [0.1, 0.15) is 30.0 Å². The molecular formula is C20H24N2O2. The molecule has 0 saturated carbocycles. The molecule has 0 aliphatic rings. The van der Waals surface area contributed by atoms with Gasteiger partial charge < -0.3 is 15.8 Å². The van der Waals surface area contributed by atoms with Crippen LogP contribution in [0.3, 0.4) is 0 Å². The number of hydrogen-bond acceptors (Lipinski definition) is 3. The van der Waals surface area contributed by atoms with E-state index in [0.717, 1.165) is 17.5 Å². The highest BCUT2D eigenvalue weighted by atomic mass is 16.5. The number of amides is 1. The predicted octanol–water partition coefficient (Wildman–Crippen LogP) is 3.70. The van der Waals surface area contributed by atoms with Gasteiger partial charge >= 0.3 is 0 Å². The Hall–Kier alpha value is -2.75. The predicted molar refractivity (Wildman–Crippen MR) is 98.7 cm³/mol. The zero-order chi connectivity index (χ0) is 17.4. The molecule has 4 nitrogen and oxygen atoms in total. The van der Waals surface area contributed by atoms with E-state index in [1.54, 1.807) is 12.1 Å². The van der Waals surface area contributed by atoms with Crippen LogP contribution >= 0.6 is 0 Å². The van der Waals surface area contributed by atoms with Crippen molar-refractivity contribution in [2.75, 3.05) is 12.3 Å². The molecule has 1 amide bonds. The van der Waals surface area contributed by atoms with E-state index in [9.17, 15) is 4.79 Å². The van der Waals surface area contributed by atoms with Crippen molar-refractivity contribution >= 4 is 17.7 Å². The topological polar surface area (TPSA) is 64.3 Å². The van der Waals surface area contributed by atoms with Gasteiger partial charge in [-0.3, -0.25) is 4.79 Å². The molecule has 0 unspecified atom stereocenters. The Balaban J connectivity index is 1.96. The number of aryl methyl sites for hydroxylation is 1. The van der Waals surface area contributed by atoms with Gasteiger partial charge in [0, 0.05) is 12.6 Å². The van der Waals surface area contributed by atoms with E-state index in [1.807, 2.05) is 31.2 Å². The molecule has 0 bridgehead atoms. The van der Waals surface area contributed by atoms with E-state index in [0.29, 0.717) is 24.6 Å². The smallest absolute Gasteiger partial charge is 0.243 e. The van der Waals surface area contributed by atoms with E-state index in [-0.39, 0.29) is 5.91 Å². The van der Waals surface area contributed by atoms with Crippen LogP contribution in [0.4, 0.5) is 5.69 Å². The van der Waals surface area contributed by atoms with Crippen LogP contribution in [0.25, 0.3) is 6.08 Å². The van der Waals surface area contributed by atoms with E-state index in [2.05, 4.69) is 24.4 Å². The maximum Gasteiger partial charge on any atom is 0.243 e. The Morgan fingerprint density at radius 2 is 2.08 bits per heavy atom. The summed E-state index contributed by atoms with van der Waals surface area (Å²) in [7, 11) is 0. The summed E-state index contributed by atoms with van der Waals surface area (Å²) in [5, 5.41) is 2.79. The molecule has 0 fully saturated rings. The Morgan fingerprint density at radius 1 is 1.25 bits per heavy atom. The quantitative estimate of drug-likeness (QED) is 0.603. The lowest BCUT2D eigenvalue weighted by molar-refractivity contribution is -0.116. The number of anilines is 1. The second-order valence-electron chi connectivity index (χ2n) is 5.70. The number of nitrogens with two attached hydrogens (primary N) is 1. The summed E-state index contributed by atoms with van der Waals surface area (Å²) in [6.45, 7) is 5.22. The molecule has 0 atom stereocenters. The van der Waals surface area contributed by atoms with Crippen LogP contribution in [-0.4, -0.2) is 12.5 Å². The summed E-state index contributed by atoms with van der Waals surface area (Å²) in [4.78, 5) is 11.6. The van der Waals surface area contributed by atoms with Gasteiger partial charge in [-0.1, -0.05) is 42.8 Å². The molecule has 0 aromatic heterocycles. The number of nitrogens with one attached hydrogen (secondary N) is 1. The molecule has 2 aromatic carbocycles. The van der Waals surface area contributed by atoms with Gasteiger partial charge in [-0.05, 0) is 42.7 Å². The number of rotatable bonds is 7. The number of carbonyl (C=O) groups is 1. The summed E-state index contributed by atoms with van der Waals surface area (Å²) in [5.41, 5.74) is 9.76. The van der Waals surface area contributed by atoms with Crippen molar-refractivity contribution in [1.82, 2.24) is 5.32 Å². The standard InChI is InChI=1S/C20H24N2O2/c1-3-11-22-20(23)10-8-16-7-9-19(18(21)13-16)24-14-17-6-4-5-15(2)12-17/h4-10,12-13H,3,11,14,21H2,1-2H3,(H,22,23)/b10-8-. The summed E-state index contributed by atoms with van der Waals surface area (Å²) >= 11 is 0. The van der Waals surface area contributed by atoms with Gasteiger partial charge in [-0.2, -0.15) is 0 Å². The minimum absolute atomic E-state index is 0.102. The van der Waals surface area contributed by atoms with Gasteiger partial charge in [0.05, 0.1) is 5.69 Å². The molecule has 2 rings (SSSR count). The number of ether oxygens (including phenoxy) is 1. The Bertz CT molecular complexity index is 723. The maximum absolute atomic E-state index is 11.6. The number of hydrogen-bond donors (Lipinski definition) is 2. The second kappa shape index (κ2) is 8.77. The van der Waals surface area contributed by atoms with E-state index in [4.69, 9.17) is 10.5 Å². The van der Waals surface area contributed by atoms with E-state index in [1.165, 1.54) is 11.6 Å². The summed E-state index contributed by atoms with van der Waals surface area (Å²) in [5.74, 6) is 0.541. The van der Waals surface area contributed by atoms with Crippen LogP contribution in [0.15, 0.2) is 48.5 Å². The highest BCUT2D eigenvalue weighted by Crippen LogP contribution is 2.24. The molecule has 0 aliphatic carbocycles. The Kier molecular flexibility index (Phi) is 6.43. The average Bonchev–Trinajstić information content (AvgIpc) is 2.57. The van der Waals surface area contributed by atoms with Gasteiger partial charge in [-0.15, -0.1) is 0 Å². The first-order valence-corrected chi connectivity index (χ1v) is 8.12. The second-order valence-corrected chi connectivity index (χ2v) is 5.70. The largest absolute Gasteiger partial charge is 0.487 e. The minimum Gasteiger partial charge on any atom is -0.487 e. The van der Waals surface area contributed by atoms with Crippen molar-refractivity contribution in [3.63, 3.8) is 0 Å². The van der Waals surface area contributed by atoms with Crippen LogP contribution in [0, 0.1) is 6.92 Å². The highest BCUT2D eigenvalue weighted by molar-refractivity contribution is 5.91. The maximum atomic E-state index is 11.6. The van der Waals surface area contributed by atoms with E-state index < -0.39 is 0 Å². The first-order chi connectivity index (χ1) is 11.6. The molecule has 3 N–H and O–H groups in total. The van der Waals surface area contributed by atoms with Crippen molar-refractivity contribution in [3.05, 3.63) is 65.2 Å². The molecule has 0 aliphatic heterocycles. The first kappa shape index (κ1) is 17.6. The van der Waals surface area contributed by atoms with Gasteiger partial charge in [0.25, 0.3) is 0 Å². The third kappa shape index (κ3) is 5.47. The molecule has 0 spiro atoms. The molecule has 0 saturated heterocycles. The SMILES string of the molecule is CCCNC(=O)/C=C\c1ccc(OCc2cccc(C)c2)c(N)c1. The average molecular weight is 324 g/mol. The monoisotopic (exact) mass is 324 g/mol. The van der Waals surface area contributed by atoms with Crippen molar-refractivity contribution in [3.8, 4) is 5.75 Å². The van der Waals surface area contributed by atoms with Gasteiger partial charge in [0.1, 0.15) is 12.4 Å². The number of nitrogen functional groups attached to an aromatic ring is 1. The fraction of sp³-hybridized carbons (Fsp3) is 0.250. The minimum atomic E-state index is -0.102. The fourth-order valence-corrected chi connectivity index (χ4v) is 2.24. The lowest BCUT2D eigenvalue weighted by atomic mass is 10.1. The van der Waals surface area contributed by atoms with Crippen LogP contribution < -0.4 is 15.8 Å². The molecule has 24 heavy (non-hydrogen) atoms. The Labute approximate surface area is 143 Å². The lowest BCUT2D eigenvalue weighted by Gasteiger charge is -2.10. The summed E-state index contributed by atoms with van der Waals surface area (Å²) < 4.78 is 5.78. The van der Waals surface area contributed by atoms with Gasteiger partial charge in [-0.25, -0.2) is 0 Å². The molecular weight excluding hydrogens is 300 g/mol. The van der Waals surface area contributed by atoms with Crippen LogP contribution in [0.2, 0.25) is 0 Å². The molecule has 4 heteroatoms. The summed E-state index contributed by atoms with van der Waals surface area (Å²) in [6.07, 6.45) is 4.17. The normalized spacial score (nSPS) is 10.8. The molecule has 2 aromatic rings. The zero-order valence-electron chi connectivity index (χ0n) is 14.2. The lowest BCUT2D eigenvalue weighted by Crippen LogP contribution is -2.21. The van der Waals surface area contributed by atoms with Crippen molar-refractivity contribution in [2.24, 2.45) is 0 Å². The van der Waals surface area contributed by atoms with Crippen molar-refractivity contribution < 1.29 is 9.53 Å². The van der Waals surface area contributed by atoms with Crippen LogP contribution in [-0.2, 0) is 11.4 Å². The highest BCUT2D eigenvalue weighted by Gasteiger charge is 2.02. The molecule has 0 radical (unpaired) electrons. The van der Waals surface area contributed by atoms with Crippen LogP contribution in [0.5, 0.6) is 5.75 Å². The van der Waals surface area contributed by atoms with Crippen molar-refractivity contribution in [1.29, 1.82) is 0 Å². The molecule has 126 valence electrons. The third-order valence-corrected chi connectivity index (χ3v) is 3.49. The fourth-order valence-electron chi connectivity index (χ4n) is 2.24. The Morgan fingerprint density at radius 3 is 2.79 bits per heavy atom. The van der Waals surface area contributed by atoms with Crippen molar-refractivity contribution in [2.45, 2.75) is 26.9 Å². The number of carbonyl (C=O) groups excluding carboxylic acids is 1. The zero-order valence-corrected chi connectivity index (χ0v) is 14.2. The van der Waals surface area contributed by atoms with E-state index >= 15 is 0 Å². The van der Waals surface area contributed by atoms with Gasteiger partial charge in [0.2, 0.25) is 5.91 Å². The molecule has 0 heterocycles. The third-order valence-electron chi connectivity index (χ3n) is 3.49. The van der Waals surface area contributed by atoms with Gasteiger partial charge in [0.15, 0.2) is 0 Å².